The van der Waals surface area contributed by atoms with Crippen molar-refractivity contribution in [3.05, 3.63) is 59.8 Å². The van der Waals surface area contributed by atoms with Crippen LogP contribution in [0, 0.1) is 5.92 Å². The molecule has 0 unspecified atom stereocenters. The van der Waals surface area contributed by atoms with Crippen molar-refractivity contribution in [2.24, 2.45) is 5.92 Å². The number of hydrogen-bond donors (Lipinski definition) is 1. The maximum Gasteiger partial charge on any atom is 0.0926 e. The van der Waals surface area contributed by atoms with E-state index >= 15 is 0 Å². The maximum absolute atomic E-state index is 4.72. The zero-order valence-corrected chi connectivity index (χ0v) is 14.5. The third-order valence-electron chi connectivity index (χ3n) is 5.95. The SMILES string of the molecule is c1cnc2c([C@H]3c4nc[nH]c4CCN3CC3CCCC3)cccc2c1. The van der Waals surface area contributed by atoms with Crippen molar-refractivity contribution in [2.45, 2.75) is 38.1 Å². The molecule has 4 heteroatoms. The first-order chi connectivity index (χ1) is 12.4. The van der Waals surface area contributed by atoms with E-state index in [-0.39, 0.29) is 6.04 Å². The Balaban J connectivity index is 1.61. The van der Waals surface area contributed by atoms with Crippen LogP contribution < -0.4 is 0 Å². The van der Waals surface area contributed by atoms with Gasteiger partial charge in [-0.05, 0) is 24.8 Å². The summed E-state index contributed by atoms with van der Waals surface area (Å²) in [5.41, 5.74) is 4.90. The Kier molecular flexibility index (Phi) is 3.78. The molecule has 3 heterocycles. The minimum Gasteiger partial charge on any atom is -0.348 e. The second-order valence-corrected chi connectivity index (χ2v) is 7.49. The van der Waals surface area contributed by atoms with Gasteiger partial charge in [0, 0.05) is 42.4 Å². The number of aromatic nitrogens is 3. The Morgan fingerprint density at radius 1 is 1.08 bits per heavy atom. The minimum absolute atomic E-state index is 0.217. The van der Waals surface area contributed by atoms with Gasteiger partial charge in [-0.2, -0.15) is 0 Å². The molecule has 128 valence electrons. The molecular weight excluding hydrogens is 308 g/mol. The summed E-state index contributed by atoms with van der Waals surface area (Å²) in [4.78, 5) is 15.5. The summed E-state index contributed by atoms with van der Waals surface area (Å²) in [5, 5.41) is 1.21. The predicted molar refractivity (Wildman–Crippen MR) is 99.4 cm³/mol. The second-order valence-electron chi connectivity index (χ2n) is 7.49. The quantitative estimate of drug-likeness (QED) is 0.785. The van der Waals surface area contributed by atoms with E-state index in [9.17, 15) is 0 Å². The summed E-state index contributed by atoms with van der Waals surface area (Å²) in [6.07, 6.45) is 10.4. The van der Waals surface area contributed by atoms with Crippen molar-refractivity contribution in [3.8, 4) is 0 Å². The van der Waals surface area contributed by atoms with Crippen molar-refractivity contribution in [1.82, 2.24) is 19.9 Å². The molecule has 1 saturated carbocycles. The zero-order chi connectivity index (χ0) is 16.6. The number of para-hydroxylation sites is 1. The highest BCUT2D eigenvalue weighted by Crippen LogP contribution is 2.38. The standard InChI is InChI=1S/C21H24N4/c1-2-6-15(5-1)13-25-12-10-18-20(24-14-23-18)21(25)17-9-3-7-16-8-4-11-22-19(16)17/h3-4,7-9,11,14-15,21H,1-2,5-6,10,12-13H2,(H,23,24)/t21-/m0/s1. The summed E-state index contributed by atoms with van der Waals surface area (Å²) in [5.74, 6) is 0.839. The van der Waals surface area contributed by atoms with Gasteiger partial charge in [0.1, 0.15) is 0 Å². The van der Waals surface area contributed by atoms with E-state index in [4.69, 9.17) is 9.97 Å². The molecule has 0 bridgehead atoms. The Hall–Kier alpha value is -2.20. The largest absolute Gasteiger partial charge is 0.348 e. The van der Waals surface area contributed by atoms with E-state index < -0.39 is 0 Å². The molecule has 1 N–H and O–H groups in total. The van der Waals surface area contributed by atoms with Crippen molar-refractivity contribution < 1.29 is 0 Å². The van der Waals surface area contributed by atoms with Gasteiger partial charge in [0.25, 0.3) is 0 Å². The molecule has 0 amide bonds. The van der Waals surface area contributed by atoms with E-state index in [0.29, 0.717) is 0 Å². The Labute approximate surface area is 148 Å². The van der Waals surface area contributed by atoms with Crippen LogP contribution in [0.5, 0.6) is 0 Å². The van der Waals surface area contributed by atoms with Gasteiger partial charge in [0.15, 0.2) is 0 Å². The number of pyridine rings is 1. The fourth-order valence-electron chi connectivity index (χ4n) is 4.74. The van der Waals surface area contributed by atoms with Gasteiger partial charge >= 0.3 is 0 Å². The highest BCUT2D eigenvalue weighted by Gasteiger charge is 2.33. The van der Waals surface area contributed by atoms with Crippen LogP contribution >= 0.6 is 0 Å². The normalized spacial score (nSPS) is 21.7. The van der Waals surface area contributed by atoms with E-state index in [1.54, 1.807) is 0 Å². The molecule has 1 fully saturated rings. The van der Waals surface area contributed by atoms with Gasteiger partial charge in [-0.3, -0.25) is 9.88 Å². The molecule has 25 heavy (non-hydrogen) atoms. The van der Waals surface area contributed by atoms with Crippen LogP contribution in [0.15, 0.2) is 42.9 Å². The molecule has 1 aromatic carbocycles. The first kappa shape index (κ1) is 15.1. The van der Waals surface area contributed by atoms with Crippen LogP contribution in [0.1, 0.15) is 48.7 Å². The summed E-state index contributed by atoms with van der Waals surface area (Å²) in [6.45, 7) is 2.28. The van der Waals surface area contributed by atoms with E-state index in [0.717, 1.165) is 24.4 Å². The van der Waals surface area contributed by atoms with Crippen LogP contribution in [0.2, 0.25) is 0 Å². The molecule has 2 aliphatic rings. The molecule has 5 rings (SSSR count). The highest BCUT2D eigenvalue weighted by molar-refractivity contribution is 5.82. The molecule has 0 spiro atoms. The van der Waals surface area contributed by atoms with Gasteiger partial charge in [0.2, 0.25) is 0 Å². The van der Waals surface area contributed by atoms with Crippen LogP contribution in [0.4, 0.5) is 0 Å². The molecule has 1 atom stereocenters. The lowest BCUT2D eigenvalue weighted by atomic mass is 9.92. The second kappa shape index (κ2) is 6.26. The molecule has 1 aliphatic heterocycles. The van der Waals surface area contributed by atoms with Crippen molar-refractivity contribution >= 4 is 10.9 Å². The predicted octanol–water partition coefficient (Wildman–Crippen LogP) is 4.10. The zero-order valence-electron chi connectivity index (χ0n) is 14.5. The third-order valence-corrected chi connectivity index (χ3v) is 5.95. The lowest BCUT2D eigenvalue weighted by Crippen LogP contribution is -2.39. The van der Waals surface area contributed by atoms with Gasteiger partial charge < -0.3 is 4.98 Å². The van der Waals surface area contributed by atoms with Crippen molar-refractivity contribution in [1.29, 1.82) is 0 Å². The fourth-order valence-corrected chi connectivity index (χ4v) is 4.74. The summed E-state index contributed by atoms with van der Waals surface area (Å²) >= 11 is 0. The monoisotopic (exact) mass is 332 g/mol. The minimum atomic E-state index is 0.217. The molecule has 1 aliphatic carbocycles. The molecule has 0 saturated heterocycles. The first-order valence-electron chi connectivity index (χ1n) is 9.50. The van der Waals surface area contributed by atoms with Gasteiger partial charge in [-0.15, -0.1) is 0 Å². The topological polar surface area (TPSA) is 44.8 Å². The first-order valence-corrected chi connectivity index (χ1v) is 9.50. The number of nitrogens with zero attached hydrogens (tertiary/aromatic N) is 3. The van der Waals surface area contributed by atoms with Crippen molar-refractivity contribution in [3.63, 3.8) is 0 Å². The number of fused-ring (bicyclic) bond motifs is 2. The van der Waals surface area contributed by atoms with E-state index in [2.05, 4.69) is 34.1 Å². The Bertz CT molecular complexity index is 873. The molecule has 2 aromatic heterocycles. The number of H-pyrrole nitrogens is 1. The number of benzene rings is 1. The van der Waals surface area contributed by atoms with Crippen molar-refractivity contribution in [2.75, 3.05) is 13.1 Å². The summed E-state index contributed by atoms with van der Waals surface area (Å²) in [6, 6.07) is 10.9. The van der Waals surface area contributed by atoms with E-state index in [1.807, 2.05) is 18.6 Å². The average Bonchev–Trinajstić information content (AvgIpc) is 3.33. The van der Waals surface area contributed by atoms with Crippen LogP contribution in [0.3, 0.4) is 0 Å². The van der Waals surface area contributed by atoms with Gasteiger partial charge in [-0.1, -0.05) is 37.1 Å². The smallest absolute Gasteiger partial charge is 0.0926 e. The average molecular weight is 332 g/mol. The van der Waals surface area contributed by atoms with Crippen LogP contribution in [-0.2, 0) is 6.42 Å². The summed E-state index contributed by atoms with van der Waals surface area (Å²) < 4.78 is 0. The third kappa shape index (κ3) is 2.65. The lowest BCUT2D eigenvalue weighted by Gasteiger charge is -2.37. The van der Waals surface area contributed by atoms with Gasteiger partial charge in [0.05, 0.1) is 23.6 Å². The molecule has 4 nitrogen and oxygen atoms in total. The molecular formula is C21H24N4. The van der Waals surface area contributed by atoms with E-state index in [1.165, 1.54) is 54.6 Å². The highest BCUT2D eigenvalue weighted by atomic mass is 15.2. The Morgan fingerprint density at radius 3 is 2.88 bits per heavy atom. The maximum atomic E-state index is 4.72. The van der Waals surface area contributed by atoms with Crippen LogP contribution in [-0.4, -0.2) is 32.9 Å². The number of hydrogen-bond acceptors (Lipinski definition) is 3. The number of rotatable bonds is 3. The molecule has 3 aromatic rings. The lowest BCUT2D eigenvalue weighted by molar-refractivity contribution is 0.178. The fraction of sp³-hybridized carbons (Fsp3) is 0.429. The van der Waals surface area contributed by atoms with Crippen LogP contribution in [0.25, 0.3) is 10.9 Å². The summed E-state index contributed by atoms with van der Waals surface area (Å²) in [7, 11) is 0. The number of aromatic amines is 1. The van der Waals surface area contributed by atoms with Gasteiger partial charge in [-0.25, -0.2) is 4.98 Å². The number of imidazole rings is 1. The number of nitrogens with one attached hydrogen (secondary N) is 1. The molecule has 0 radical (unpaired) electrons. The Morgan fingerprint density at radius 2 is 1.96 bits per heavy atom.